The molecule has 0 atom stereocenters. The Hall–Kier alpha value is -2.67. The average molecular weight is 401 g/mol. The number of esters is 1. The van der Waals surface area contributed by atoms with Crippen LogP contribution >= 0.6 is 11.3 Å². The van der Waals surface area contributed by atoms with Crippen molar-refractivity contribution in [1.29, 1.82) is 0 Å². The predicted octanol–water partition coefficient (Wildman–Crippen LogP) is 3.69. The first-order valence-electron chi connectivity index (χ1n) is 9.37. The highest BCUT2D eigenvalue weighted by molar-refractivity contribution is 7.15. The van der Waals surface area contributed by atoms with Crippen molar-refractivity contribution in [3.05, 3.63) is 41.3 Å². The van der Waals surface area contributed by atoms with Crippen molar-refractivity contribution in [3.8, 4) is 11.1 Å². The van der Waals surface area contributed by atoms with Gasteiger partial charge < -0.3 is 15.4 Å². The van der Waals surface area contributed by atoms with E-state index in [4.69, 9.17) is 4.74 Å². The molecule has 148 valence electrons. The van der Waals surface area contributed by atoms with E-state index in [9.17, 15) is 14.4 Å². The Morgan fingerprint density at radius 3 is 2.54 bits per heavy atom. The van der Waals surface area contributed by atoms with E-state index in [1.165, 1.54) is 11.3 Å². The largest absolute Gasteiger partial charge is 0.452 e. The average Bonchev–Trinajstić information content (AvgIpc) is 3.46. The standard InChI is InChI=1S/C21H24N2O4S/c1-13(2)10-22-17(24)11-27-21(26)18-16(14-6-4-3-5-7-14)12-28-20(18)23-19(25)15-8-9-15/h3-7,12-13,15H,8-11H2,1-2H3,(H,22,24)(H,23,25). The zero-order chi connectivity index (χ0) is 20.1. The topological polar surface area (TPSA) is 84.5 Å². The van der Waals surface area contributed by atoms with Crippen LogP contribution < -0.4 is 10.6 Å². The lowest BCUT2D eigenvalue weighted by molar-refractivity contribution is -0.124. The van der Waals surface area contributed by atoms with Crippen LogP contribution in [0.1, 0.15) is 37.0 Å². The molecule has 7 heteroatoms. The van der Waals surface area contributed by atoms with E-state index in [1.54, 1.807) is 0 Å². The monoisotopic (exact) mass is 400 g/mol. The number of carbonyl (C=O) groups excluding carboxylic acids is 3. The molecule has 1 aromatic heterocycles. The van der Waals surface area contributed by atoms with E-state index in [0.717, 1.165) is 18.4 Å². The fourth-order valence-corrected chi connectivity index (χ4v) is 3.57. The Labute approximate surface area is 168 Å². The van der Waals surface area contributed by atoms with Gasteiger partial charge in [0, 0.05) is 23.4 Å². The number of nitrogens with one attached hydrogen (secondary N) is 2. The van der Waals surface area contributed by atoms with E-state index >= 15 is 0 Å². The number of amides is 2. The highest BCUT2D eigenvalue weighted by atomic mass is 32.1. The maximum absolute atomic E-state index is 12.8. The summed E-state index contributed by atoms with van der Waals surface area (Å²) < 4.78 is 5.25. The van der Waals surface area contributed by atoms with Gasteiger partial charge in [0.05, 0.1) is 0 Å². The van der Waals surface area contributed by atoms with E-state index in [2.05, 4.69) is 10.6 Å². The Morgan fingerprint density at radius 2 is 1.89 bits per heavy atom. The number of carbonyl (C=O) groups is 3. The van der Waals surface area contributed by atoms with Gasteiger partial charge in [0.15, 0.2) is 6.61 Å². The first kappa shape index (κ1) is 20.1. The number of benzene rings is 1. The third-order valence-electron chi connectivity index (χ3n) is 4.31. The Kier molecular flexibility index (Phi) is 6.46. The highest BCUT2D eigenvalue weighted by Gasteiger charge is 2.32. The summed E-state index contributed by atoms with van der Waals surface area (Å²) in [5.74, 6) is -0.711. The van der Waals surface area contributed by atoms with Gasteiger partial charge in [-0.1, -0.05) is 44.2 Å². The van der Waals surface area contributed by atoms with Crippen LogP contribution in [-0.4, -0.2) is 30.9 Å². The molecule has 0 bridgehead atoms. The zero-order valence-electron chi connectivity index (χ0n) is 16.0. The minimum atomic E-state index is -0.620. The van der Waals surface area contributed by atoms with Gasteiger partial charge in [0.2, 0.25) is 5.91 Å². The van der Waals surface area contributed by atoms with Gasteiger partial charge in [-0.15, -0.1) is 11.3 Å². The Balaban J connectivity index is 1.77. The van der Waals surface area contributed by atoms with Gasteiger partial charge in [0.1, 0.15) is 10.6 Å². The fraction of sp³-hybridized carbons (Fsp3) is 0.381. The summed E-state index contributed by atoms with van der Waals surface area (Å²) in [5.41, 5.74) is 1.83. The molecule has 2 N–H and O–H groups in total. The molecular formula is C21H24N2O4S. The SMILES string of the molecule is CC(C)CNC(=O)COC(=O)c1c(-c2ccccc2)csc1NC(=O)C1CC1. The molecule has 6 nitrogen and oxygen atoms in total. The maximum Gasteiger partial charge on any atom is 0.342 e. The van der Waals surface area contributed by atoms with Crippen LogP contribution in [0.5, 0.6) is 0 Å². The van der Waals surface area contributed by atoms with Gasteiger partial charge in [-0.25, -0.2) is 4.79 Å². The van der Waals surface area contributed by atoms with Crippen molar-refractivity contribution in [1.82, 2.24) is 5.32 Å². The van der Waals surface area contributed by atoms with Crippen molar-refractivity contribution in [2.45, 2.75) is 26.7 Å². The van der Waals surface area contributed by atoms with Crippen LogP contribution in [0.15, 0.2) is 35.7 Å². The quantitative estimate of drug-likeness (QED) is 0.662. The van der Waals surface area contributed by atoms with Crippen LogP contribution in [0.2, 0.25) is 0 Å². The summed E-state index contributed by atoms with van der Waals surface area (Å²) in [4.78, 5) is 36.9. The molecule has 1 saturated carbocycles. The number of anilines is 1. The molecule has 1 aliphatic carbocycles. The Bertz CT molecular complexity index is 857. The van der Waals surface area contributed by atoms with Crippen LogP contribution in [0.4, 0.5) is 5.00 Å². The second-order valence-electron chi connectivity index (χ2n) is 7.26. The first-order valence-corrected chi connectivity index (χ1v) is 10.2. The highest BCUT2D eigenvalue weighted by Crippen LogP contribution is 2.38. The number of ether oxygens (including phenoxy) is 1. The van der Waals surface area contributed by atoms with Gasteiger partial charge in [-0.3, -0.25) is 9.59 Å². The molecule has 1 aromatic carbocycles. The normalized spacial score (nSPS) is 13.2. The molecule has 0 spiro atoms. The van der Waals surface area contributed by atoms with Crippen LogP contribution in [-0.2, 0) is 14.3 Å². The molecule has 2 amide bonds. The van der Waals surface area contributed by atoms with E-state index in [1.807, 2.05) is 49.6 Å². The second-order valence-corrected chi connectivity index (χ2v) is 8.14. The second kappa shape index (κ2) is 9.01. The third kappa shape index (κ3) is 5.19. The minimum absolute atomic E-state index is 0.0213. The van der Waals surface area contributed by atoms with Crippen molar-refractivity contribution in [2.24, 2.45) is 11.8 Å². The lowest BCUT2D eigenvalue weighted by atomic mass is 10.0. The molecule has 1 heterocycles. The molecule has 0 unspecified atom stereocenters. The molecule has 3 rings (SSSR count). The van der Waals surface area contributed by atoms with Crippen LogP contribution in [0.3, 0.4) is 0 Å². The lowest BCUT2D eigenvalue weighted by Gasteiger charge is -2.11. The van der Waals surface area contributed by atoms with Crippen LogP contribution in [0, 0.1) is 11.8 Å². The van der Waals surface area contributed by atoms with Gasteiger partial charge in [-0.05, 0) is 24.3 Å². The first-order chi connectivity index (χ1) is 13.5. The molecular weight excluding hydrogens is 376 g/mol. The summed E-state index contributed by atoms with van der Waals surface area (Å²) in [6.45, 7) is 4.13. The van der Waals surface area contributed by atoms with E-state index < -0.39 is 5.97 Å². The fourth-order valence-electron chi connectivity index (χ4n) is 2.61. The zero-order valence-corrected chi connectivity index (χ0v) is 16.8. The molecule has 1 aliphatic rings. The van der Waals surface area contributed by atoms with Crippen molar-refractivity contribution >= 4 is 34.1 Å². The number of hydrogen-bond donors (Lipinski definition) is 2. The minimum Gasteiger partial charge on any atom is -0.452 e. The molecule has 0 saturated heterocycles. The van der Waals surface area contributed by atoms with Crippen LogP contribution in [0.25, 0.3) is 11.1 Å². The van der Waals surface area contributed by atoms with Gasteiger partial charge in [-0.2, -0.15) is 0 Å². The molecule has 0 aliphatic heterocycles. The lowest BCUT2D eigenvalue weighted by Crippen LogP contribution is -2.31. The predicted molar refractivity (Wildman–Crippen MR) is 109 cm³/mol. The summed E-state index contributed by atoms with van der Waals surface area (Å²) >= 11 is 1.29. The summed E-state index contributed by atoms with van der Waals surface area (Å²) in [7, 11) is 0. The number of rotatable bonds is 8. The van der Waals surface area contributed by atoms with Gasteiger partial charge >= 0.3 is 5.97 Å². The van der Waals surface area contributed by atoms with E-state index in [0.29, 0.717) is 28.6 Å². The maximum atomic E-state index is 12.8. The summed E-state index contributed by atoms with van der Waals surface area (Å²) in [6, 6.07) is 9.43. The molecule has 28 heavy (non-hydrogen) atoms. The summed E-state index contributed by atoms with van der Waals surface area (Å²) in [6.07, 6.45) is 1.75. The van der Waals surface area contributed by atoms with Gasteiger partial charge in [0.25, 0.3) is 5.91 Å². The third-order valence-corrected chi connectivity index (χ3v) is 5.20. The van der Waals surface area contributed by atoms with Crippen molar-refractivity contribution in [2.75, 3.05) is 18.5 Å². The number of thiophene rings is 1. The number of hydrogen-bond acceptors (Lipinski definition) is 5. The van der Waals surface area contributed by atoms with Crippen molar-refractivity contribution in [3.63, 3.8) is 0 Å². The Morgan fingerprint density at radius 1 is 1.18 bits per heavy atom. The van der Waals surface area contributed by atoms with Crippen molar-refractivity contribution < 1.29 is 19.1 Å². The molecule has 2 aromatic rings. The molecule has 1 fully saturated rings. The van der Waals surface area contributed by atoms with E-state index in [-0.39, 0.29) is 24.3 Å². The molecule has 0 radical (unpaired) electrons. The smallest absolute Gasteiger partial charge is 0.342 e. The summed E-state index contributed by atoms with van der Waals surface area (Å²) in [5, 5.41) is 7.85.